The number of piperidine rings is 1. The van der Waals surface area contributed by atoms with E-state index < -0.39 is 0 Å². The van der Waals surface area contributed by atoms with Gasteiger partial charge in [0.1, 0.15) is 0 Å². The maximum absolute atomic E-state index is 6.19. The van der Waals surface area contributed by atoms with Crippen LogP contribution in [-0.2, 0) is 0 Å². The van der Waals surface area contributed by atoms with E-state index in [0.29, 0.717) is 6.04 Å². The third kappa shape index (κ3) is 2.60. The van der Waals surface area contributed by atoms with Crippen LogP contribution in [0.25, 0.3) is 0 Å². The van der Waals surface area contributed by atoms with Gasteiger partial charge in [0, 0.05) is 18.6 Å². The standard InChI is InChI=1S/C14H28N2/c1-3-12-10-16(9-8-13(12)15)14-7-5-4-6-11(14)2/h11-14H,3-10,15H2,1-2H3. The maximum Gasteiger partial charge on any atom is 0.0121 e. The van der Waals surface area contributed by atoms with Crippen molar-refractivity contribution in [3.63, 3.8) is 0 Å². The first-order chi connectivity index (χ1) is 7.72. The Morgan fingerprint density at radius 1 is 1.19 bits per heavy atom. The molecule has 4 atom stereocenters. The minimum absolute atomic E-state index is 0.458. The summed E-state index contributed by atoms with van der Waals surface area (Å²) in [6.45, 7) is 7.23. The molecular formula is C14H28N2. The minimum Gasteiger partial charge on any atom is -0.327 e. The zero-order valence-electron chi connectivity index (χ0n) is 11.0. The van der Waals surface area contributed by atoms with Crippen molar-refractivity contribution in [3.8, 4) is 0 Å². The summed E-state index contributed by atoms with van der Waals surface area (Å²) in [5, 5.41) is 0. The van der Waals surface area contributed by atoms with Crippen LogP contribution in [0.3, 0.4) is 0 Å². The van der Waals surface area contributed by atoms with Crippen LogP contribution in [0.5, 0.6) is 0 Å². The number of hydrogen-bond donors (Lipinski definition) is 1. The van der Waals surface area contributed by atoms with Gasteiger partial charge in [0.25, 0.3) is 0 Å². The molecule has 4 unspecified atom stereocenters. The first-order valence-corrected chi connectivity index (χ1v) is 7.22. The zero-order chi connectivity index (χ0) is 11.5. The molecule has 1 heterocycles. The average molecular weight is 224 g/mol. The number of nitrogens with zero attached hydrogens (tertiary/aromatic N) is 1. The van der Waals surface area contributed by atoms with E-state index in [1.807, 2.05) is 0 Å². The molecular weight excluding hydrogens is 196 g/mol. The van der Waals surface area contributed by atoms with E-state index in [9.17, 15) is 0 Å². The topological polar surface area (TPSA) is 29.3 Å². The monoisotopic (exact) mass is 224 g/mol. The molecule has 0 radical (unpaired) electrons. The Balaban J connectivity index is 1.93. The van der Waals surface area contributed by atoms with Gasteiger partial charge in [0.2, 0.25) is 0 Å². The Morgan fingerprint density at radius 3 is 2.62 bits per heavy atom. The lowest BCUT2D eigenvalue weighted by atomic mass is 9.82. The van der Waals surface area contributed by atoms with Crippen LogP contribution in [0.2, 0.25) is 0 Å². The van der Waals surface area contributed by atoms with Gasteiger partial charge in [-0.3, -0.25) is 4.90 Å². The summed E-state index contributed by atoms with van der Waals surface area (Å²) in [6.07, 6.45) is 8.20. The molecule has 0 aromatic heterocycles. The highest BCUT2D eigenvalue weighted by Gasteiger charge is 2.32. The van der Waals surface area contributed by atoms with Crippen molar-refractivity contribution in [1.29, 1.82) is 0 Å². The van der Waals surface area contributed by atoms with Crippen LogP contribution in [-0.4, -0.2) is 30.1 Å². The lowest BCUT2D eigenvalue weighted by Crippen LogP contribution is -2.52. The number of nitrogens with two attached hydrogens (primary N) is 1. The Bertz CT molecular complexity index is 217. The lowest BCUT2D eigenvalue weighted by molar-refractivity contribution is 0.0578. The van der Waals surface area contributed by atoms with Crippen molar-refractivity contribution >= 4 is 0 Å². The lowest BCUT2D eigenvalue weighted by Gasteiger charge is -2.44. The summed E-state index contributed by atoms with van der Waals surface area (Å²) in [7, 11) is 0. The fourth-order valence-electron chi connectivity index (χ4n) is 3.65. The number of rotatable bonds is 2. The van der Waals surface area contributed by atoms with Crippen molar-refractivity contribution in [2.75, 3.05) is 13.1 Å². The molecule has 0 aromatic rings. The van der Waals surface area contributed by atoms with Gasteiger partial charge in [-0.2, -0.15) is 0 Å². The predicted octanol–water partition coefficient (Wildman–Crippen LogP) is 2.62. The van der Waals surface area contributed by atoms with Crippen LogP contribution in [0.1, 0.15) is 52.4 Å². The molecule has 2 N–H and O–H groups in total. The number of likely N-dealkylation sites (tertiary alicyclic amines) is 1. The summed E-state index contributed by atoms with van der Waals surface area (Å²) in [6, 6.07) is 1.32. The highest BCUT2D eigenvalue weighted by Crippen LogP contribution is 2.31. The molecule has 1 aliphatic carbocycles. The third-order valence-electron chi connectivity index (χ3n) is 4.88. The molecule has 2 aliphatic rings. The fourth-order valence-corrected chi connectivity index (χ4v) is 3.65. The van der Waals surface area contributed by atoms with Gasteiger partial charge in [-0.1, -0.05) is 33.1 Å². The molecule has 1 aliphatic heterocycles. The molecule has 1 saturated carbocycles. The van der Waals surface area contributed by atoms with Crippen molar-refractivity contribution in [2.45, 2.75) is 64.5 Å². The second kappa shape index (κ2) is 5.50. The van der Waals surface area contributed by atoms with E-state index in [0.717, 1.165) is 17.9 Å². The second-order valence-corrected chi connectivity index (χ2v) is 5.94. The molecule has 0 spiro atoms. The Hall–Kier alpha value is -0.0800. The summed E-state index contributed by atoms with van der Waals surface area (Å²) in [5.41, 5.74) is 6.19. The van der Waals surface area contributed by atoms with E-state index in [1.54, 1.807) is 0 Å². The van der Waals surface area contributed by atoms with Crippen LogP contribution < -0.4 is 5.73 Å². The van der Waals surface area contributed by atoms with E-state index >= 15 is 0 Å². The molecule has 2 fully saturated rings. The number of hydrogen-bond acceptors (Lipinski definition) is 2. The maximum atomic E-state index is 6.19. The Labute approximate surface area is 101 Å². The summed E-state index contributed by atoms with van der Waals surface area (Å²) < 4.78 is 0. The van der Waals surface area contributed by atoms with Crippen molar-refractivity contribution in [3.05, 3.63) is 0 Å². The van der Waals surface area contributed by atoms with Gasteiger partial charge in [0.05, 0.1) is 0 Å². The van der Waals surface area contributed by atoms with Gasteiger partial charge < -0.3 is 5.73 Å². The minimum atomic E-state index is 0.458. The zero-order valence-corrected chi connectivity index (χ0v) is 11.0. The van der Waals surface area contributed by atoms with E-state index in [1.165, 1.54) is 51.6 Å². The van der Waals surface area contributed by atoms with Crippen LogP contribution in [0.15, 0.2) is 0 Å². The van der Waals surface area contributed by atoms with E-state index in [2.05, 4.69) is 18.7 Å². The highest BCUT2D eigenvalue weighted by molar-refractivity contribution is 4.88. The molecule has 2 rings (SSSR count). The first-order valence-electron chi connectivity index (χ1n) is 7.22. The molecule has 0 amide bonds. The molecule has 1 saturated heterocycles. The van der Waals surface area contributed by atoms with Crippen LogP contribution in [0.4, 0.5) is 0 Å². The largest absolute Gasteiger partial charge is 0.327 e. The molecule has 0 bridgehead atoms. The molecule has 94 valence electrons. The smallest absolute Gasteiger partial charge is 0.0121 e. The van der Waals surface area contributed by atoms with Gasteiger partial charge in [-0.05, 0) is 37.6 Å². The molecule has 2 nitrogen and oxygen atoms in total. The predicted molar refractivity (Wildman–Crippen MR) is 69.4 cm³/mol. The van der Waals surface area contributed by atoms with Crippen molar-refractivity contribution in [1.82, 2.24) is 4.90 Å². The van der Waals surface area contributed by atoms with Gasteiger partial charge in [-0.25, -0.2) is 0 Å². The Kier molecular flexibility index (Phi) is 4.26. The summed E-state index contributed by atoms with van der Waals surface area (Å²) >= 11 is 0. The van der Waals surface area contributed by atoms with E-state index in [-0.39, 0.29) is 0 Å². The van der Waals surface area contributed by atoms with Gasteiger partial charge >= 0.3 is 0 Å². The summed E-state index contributed by atoms with van der Waals surface area (Å²) in [4.78, 5) is 2.75. The van der Waals surface area contributed by atoms with Crippen molar-refractivity contribution < 1.29 is 0 Å². The quantitative estimate of drug-likeness (QED) is 0.781. The van der Waals surface area contributed by atoms with Crippen molar-refractivity contribution in [2.24, 2.45) is 17.6 Å². The first kappa shape index (κ1) is 12.4. The Morgan fingerprint density at radius 2 is 1.94 bits per heavy atom. The molecule has 0 aromatic carbocycles. The second-order valence-electron chi connectivity index (χ2n) is 5.94. The van der Waals surface area contributed by atoms with Crippen LogP contribution in [0, 0.1) is 11.8 Å². The third-order valence-corrected chi connectivity index (χ3v) is 4.88. The van der Waals surface area contributed by atoms with E-state index in [4.69, 9.17) is 5.73 Å². The average Bonchev–Trinajstić information content (AvgIpc) is 2.31. The molecule has 2 heteroatoms. The van der Waals surface area contributed by atoms with Gasteiger partial charge in [-0.15, -0.1) is 0 Å². The normalized spacial score (nSPS) is 42.2. The summed E-state index contributed by atoms with van der Waals surface area (Å²) in [5.74, 6) is 1.64. The highest BCUT2D eigenvalue weighted by atomic mass is 15.2. The SMILES string of the molecule is CCC1CN(C2CCCCC2C)CCC1N. The fraction of sp³-hybridized carbons (Fsp3) is 1.00. The van der Waals surface area contributed by atoms with Crippen LogP contribution >= 0.6 is 0 Å². The van der Waals surface area contributed by atoms with Gasteiger partial charge in [0.15, 0.2) is 0 Å². The molecule has 16 heavy (non-hydrogen) atoms.